The number of aryl methyl sites for hydroxylation is 1. The Morgan fingerprint density at radius 1 is 1.27 bits per heavy atom. The van der Waals surface area contributed by atoms with Crippen molar-refractivity contribution in [2.24, 2.45) is 11.8 Å². The van der Waals surface area contributed by atoms with Crippen LogP contribution in [0.4, 0.5) is 4.79 Å². The zero-order valence-corrected chi connectivity index (χ0v) is 22.2. The molecule has 1 saturated heterocycles. The third kappa shape index (κ3) is 8.41. The molecule has 1 aromatic rings. The minimum Gasteiger partial charge on any atom is -0.746 e. The predicted molar refractivity (Wildman–Crippen MR) is 133 cm³/mol. The molecule has 1 aliphatic heterocycles. The van der Waals surface area contributed by atoms with Gasteiger partial charge >= 0.3 is 6.09 Å². The lowest BCUT2D eigenvalue weighted by molar-refractivity contribution is -0.126. The molecule has 37 heavy (non-hydrogen) atoms. The van der Waals surface area contributed by atoms with Crippen molar-refractivity contribution in [2.45, 2.75) is 82.4 Å². The molecule has 0 aromatic heterocycles. The van der Waals surface area contributed by atoms with Crippen LogP contribution in [0.3, 0.4) is 0 Å². The van der Waals surface area contributed by atoms with E-state index in [0.29, 0.717) is 32.2 Å². The quantitative estimate of drug-likeness (QED) is 0.286. The lowest BCUT2D eigenvalue weighted by Crippen LogP contribution is -2.55. The number of benzene rings is 1. The first-order chi connectivity index (χ1) is 17.3. The third-order valence-electron chi connectivity index (χ3n) is 6.71. The molecule has 4 N–H and O–H groups in total. The fourth-order valence-electron chi connectivity index (χ4n) is 4.63. The van der Waals surface area contributed by atoms with Gasteiger partial charge in [0.15, 0.2) is 5.44 Å². The molecule has 3 rings (SSSR count). The summed E-state index contributed by atoms with van der Waals surface area (Å²) in [7, 11) is -5.18. The van der Waals surface area contributed by atoms with E-state index in [1.165, 1.54) is 0 Å². The summed E-state index contributed by atoms with van der Waals surface area (Å²) in [4.78, 5) is 37.9. The molecule has 2 aliphatic rings. The van der Waals surface area contributed by atoms with Gasteiger partial charge in [-0.25, -0.2) is 13.2 Å². The topological polar surface area (TPSA) is 174 Å². The standard InChI is InChI=1S/C25H37N3O8S/c1-15(2)11-19(28-24(32)36-25(8-9-25)14-17-6-4-5-16(3)12-17)22(30)27-20(23(31)37(33,34)35)13-18-7-10-26-21(18)29/h4-6,12,15,18-20,23,31H,7-11,13-14H2,1-3H3,(H,26,29)(H,27,30)(H,28,32)(H,33,34,35)/p-1/t18-,19-,20-,23?/m0/s1. The molecule has 0 radical (unpaired) electrons. The average molecular weight is 539 g/mol. The van der Waals surface area contributed by atoms with Crippen molar-refractivity contribution in [1.82, 2.24) is 16.0 Å². The molecule has 1 unspecified atom stereocenters. The van der Waals surface area contributed by atoms with Gasteiger partial charge in [0.05, 0.1) is 6.04 Å². The predicted octanol–water partition coefficient (Wildman–Crippen LogP) is 1.09. The van der Waals surface area contributed by atoms with Crippen molar-refractivity contribution < 1.29 is 37.2 Å². The van der Waals surface area contributed by atoms with E-state index in [2.05, 4.69) is 16.0 Å². The Morgan fingerprint density at radius 2 is 1.97 bits per heavy atom. The maximum Gasteiger partial charge on any atom is 0.408 e. The summed E-state index contributed by atoms with van der Waals surface area (Å²) in [6, 6.07) is 5.27. The number of hydrogen-bond donors (Lipinski definition) is 4. The van der Waals surface area contributed by atoms with Gasteiger partial charge in [-0.05, 0) is 50.5 Å². The van der Waals surface area contributed by atoms with E-state index in [4.69, 9.17) is 4.74 Å². The van der Waals surface area contributed by atoms with Crippen LogP contribution >= 0.6 is 0 Å². The highest BCUT2D eigenvalue weighted by atomic mass is 32.2. The number of aliphatic hydroxyl groups excluding tert-OH is 1. The van der Waals surface area contributed by atoms with Gasteiger partial charge in [0.2, 0.25) is 11.8 Å². The normalized spacial score (nSPS) is 21.0. The molecule has 12 heteroatoms. The van der Waals surface area contributed by atoms with Gasteiger partial charge in [-0.2, -0.15) is 0 Å². The van der Waals surface area contributed by atoms with Crippen LogP contribution in [-0.4, -0.2) is 65.7 Å². The van der Waals surface area contributed by atoms with Crippen LogP contribution in [0.25, 0.3) is 0 Å². The SMILES string of the molecule is Cc1cccc(CC2(OC(=O)N[C@@H](CC(C)C)C(=O)N[C@@H](C[C@@H]3CCNC3=O)C(O)S(=O)(=O)[O-])CC2)c1. The van der Waals surface area contributed by atoms with Crippen molar-refractivity contribution in [2.75, 3.05) is 6.54 Å². The Kier molecular flexibility index (Phi) is 9.19. The summed E-state index contributed by atoms with van der Waals surface area (Å²) in [6.45, 7) is 6.03. The molecular formula is C25H36N3O8S-. The smallest absolute Gasteiger partial charge is 0.408 e. The first-order valence-corrected chi connectivity index (χ1v) is 14.0. The molecule has 0 spiro atoms. The number of carbonyl (C=O) groups is 3. The van der Waals surface area contributed by atoms with Crippen LogP contribution in [0.5, 0.6) is 0 Å². The highest BCUT2D eigenvalue weighted by Gasteiger charge is 2.47. The van der Waals surface area contributed by atoms with Crippen molar-refractivity contribution in [1.29, 1.82) is 0 Å². The van der Waals surface area contributed by atoms with Crippen LogP contribution in [0.2, 0.25) is 0 Å². The van der Waals surface area contributed by atoms with Crippen LogP contribution in [0.15, 0.2) is 24.3 Å². The lowest BCUT2D eigenvalue weighted by Gasteiger charge is -2.30. The van der Waals surface area contributed by atoms with Gasteiger partial charge in [-0.1, -0.05) is 43.7 Å². The summed E-state index contributed by atoms with van der Waals surface area (Å²) in [6.07, 6.45) is 1.47. The number of amides is 3. The average Bonchev–Trinajstić information content (AvgIpc) is 3.41. The van der Waals surface area contributed by atoms with E-state index in [9.17, 15) is 32.5 Å². The molecule has 1 heterocycles. The van der Waals surface area contributed by atoms with Crippen molar-refractivity contribution in [3.05, 3.63) is 35.4 Å². The monoisotopic (exact) mass is 538 g/mol. The summed E-state index contributed by atoms with van der Waals surface area (Å²) < 4.78 is 40.3. The first-order valence-electron chi connectivity index (χ1n) is 12.5. The molecule has 3 amide bonds. The summed E-state index contributed by atoms with van der Waals surface area (Å²) in [5.74, 6) is -1.83. The number of alkyl carbamates (subject to hydrolysis) is 1. The van der Waals surface area contributed by atoms with Crippen molar-refractivity contribution in [3.8, 4) is 0 Å². The molecule has 11 nitrogen and oxygen atoms in total. The fourth-order valence-corrected chi connectivity index (χ4v) is 5.21. The van der Waals surface area contributed by atoms with Crippen molar-refractivity contribution in [3.63, 3.8) is 0 Å². The Morgan fingerprint density at radius 3 is 2.51 bits per heavy atom. The number of rotatable bonds is 12. The fraction of sp³-hybridized carbons (Fsp3) is 0.640. The highest BCUT2D eigenvalue weighted by molar-refractivity contribution is 7.86. The maximum absolute atomic E-state index is 13.1. The Hall–Kier alpha value is -2.70. The van der Waals surface area contributed by atoms with E-state index in [1.54, 1.807) is 0 Å². The Balaban J connectivity index is 1.68. The zero-order chi connectivity index (χ0) is 27.4. The van der Waals surface area contributed by atoms with Gasteiger partial charge in [-0.15, -0.1) is 0 Å². The van der Waals surface area contributed by atoms with E-state index in [-0.39, 0.29) is 24.7 Å². The molecule has 1 aliphatic carbocycles. The second-order valence-electron chi connectivity index (χ2n) is 10.6. The number of ether oxygens (including phenoxy) is 1. The van der Waals surface area contributed by atoms with Crippen LogP contribution in [0.1, 0.15) is 57.1 Å². The molecule has 4 atom stereocenters. The summed E-state index contributed by atoms with van der Waals surface area (Å²) in [5, 5.41) is 17.7. The lowest BCUT2D eigenvalue weighted by atomic mass is 9.97. The van der Waals surface area contributed by atoms with Gasteiger partial charge in [0.1, 0.15) is 21.8 Å². The van der Waals surface area contributed by atoms with Crippen LogP contribution in [-0.2, 0) is 30.9 Å². The summed E-state index contributed by atoms with van der Waals surface area (Å²) >= 11 is 0. The highest BCUT2D eigenvalue weighted by Crippen LogP contribution is 2.42. The van der Waals surface area contributed by atoms with Gasteiger partial charge in [0, 0.05) is 18.9 Å². The molecule has 206 valence electrons. The van der Waals surface area contributed by atoms with Gasteiger partial charge in [0.25, 0.3) is 0 Å². The van der Waals surface area contributed by atoms with Gasteiger partial charge < -0.3 is 30.3 Å². The van der Waals surface area contributed by atoms with Crippen molar-refractivity contribution >= 4 is 28.0 Å². The molecule has 2 fully saturated rings. The second kappa shape index (κ2) is 11.8. The van der Waals surface area contributed by atoms with E-state index in [1.807, 2.05) is 45.0 Å². The molecule has 0 bridgehead atoms. The molecule has 1 saturated carbocycles. The second-order valence-corrected chi connectivity index (χ2v) is 12.0. The summed E-state index contributed by atoms with van der Waals surface area (Å²) in [5.41, 5.74) is -0.964. The third-order valence-corrected chi connectivity index (χ3v) is 7.63. The van der Waals surface area contributed by atoms with Crippen LogP contribution < -0.4 is 16.0 Å². The number of carbonyl (C=O) groups excluding carboxylic acids is 3. The molecular weight excluding hydrogens is 502 g/mol. The maximum atomic E-state index is 13.1. The van der Waals surface area contributed by atoms with Crippen LogP contribution in [0, 0.1) is 18.8 Å². The first kappa shape index (κ1) is 28.9. The minimum absolute atomic E-state index is 0.0366. The Labute approximate surface area is 217 Å². The minimum atomic E-state index is -5.18. The Bertz CT molecular complexity index is 1100. The van der Waals surface area contributed by atoms with E-state index < -0.39 is 51.2 Å². The number of aliphatic hydroxyl groups is 1. The largest absolute Gasteiger partial charge is 0.746 e. The zero-order valence-electron chi connectivity index (χ0n) is 21.4. The van der Waals surface area contributed by atoms with E-state index >= 15 is 0 Å². The van der Waals surface area contributed by atoms with Gasteiger partial charge in [-0.3, -0.25) is 9.59 Å². The number of hydrogen-bond acceptors (Lipinski definition) is 8. The molecule has 1 aromatic carbocycles. The number of nitrogens with one attached hydrogen (secondary N) is 3. The van der Waals surface area contributed by atoms with E-state index in [0.717, 1.165) is 11.1 Å².